The van der Waals surface area contributed by atoms with Crippen LogP contribution in [-0.4, -0.2) is 32.4 Å². The Labute approximate surface area is 61.3 Å². The number of hydrogen-bond donors (Lipinski definition) is 2. The standard InChI is InChI=1S/C5H13NO3S/c1-3-5(4-7)6-10(2,8)9/h5-7H,3-4H2,1-2H3/t5-/m1/s1. The summed E-state index contributed by atoms with van der Waals surface area (Å²) >= 11 is 0. The highest BCUT2D eigenvalue weighted by atomic mass is 32.2. The summed E-state index contributed by atoms with van der Waals surface area (Å²) in [5.41, 5.74) is 0. The molecule has 0 fully saturated rings. The molecule has 0 saturated carbocycles. The van der Waals surface area contributed by atoms with E-state index in [4.69, 9.17) is 5.11 Å². The van der Waals surface area contributed by atoms with Gasteiger partial charge in [-0.3, -0.25) is 0 Å². The Balaban J connectivity index is 3.87. The van der Waals surface area contributed by atoms with Crippen molar-refractivity contribution >= 4 is 10.0 Å². The number of sulfonamides is 1. The summed E-state index contributed by atoms with van der Waals surface area (Å²) < 4.78 is 23.4. The molecule has 0 aromatic rings. The quantitative estimate of drug-likeness (QED) is 0.582. The number of rotatable bonds is 4. The predicted molar refractivity (Wildman–Crippen MR) is 39.1 cm³/mol. The summed E-state index contributed by atoms with van der Waals surface area (Å²) in [6, 6.07) is -0.338. The zero-order chi connectivity index (χ0) is 8.20. The summed E-state index contributed by atoms with van der Waals surface area (Å²) in [6.07, 6.45) is 1.68. The van der Waals surface area contributed by atoms with Crippen LogP contribution in [0.2, 0.25) is 0 Å². The Morgan fingerprint density at radius 2 is 2.10 bits per heavy atom. The van der Waals surface area contributed by atoms with Crippen LogP contribution in [0.25, 0.3) is 0 Å². The first-order valence-electron chi connectivity index (χ1n) is 3.07. The summed E-state index contributed by atoms with van der Waals surface area (Å²) in [7, 11) is -3.16. The third-order valence-corrected chi connectivity index (χ3v) is 1.86. The average molecular weight is 167 g/mol. The molecule has 62 valence electrons. The van der Waals surface area contributed by atoms with Crippen LogP contribution in [0.3, 0.4) is 0 Å². The highest BCUT2D eigenvalue weighted by Crippen LogP contribution is 1.90. The molecule has 0 heterocycles. The maximum Gasteiger partial charge on any atom is 0.209 e. The molecule has 0 aromatic carbocycles. The van der Waals surface area contributed by atoms with Crippen LogP contribution in [0.1, 0.15) is 13.3 Å². The van der Waals surface area contributed by atoms with Gasteiger partial charge in [0, 0.05) is 6.04 Å². The van der Waals surface area contributed by atoms with Gasteiger partial charge in [0.05, 0.1) is 12.9 Å². The van der Waals surface area contributed by atoms with Crippen molar-refractivity contribution in [2.75, 3.05) is 12.9 Å². The van der Waals surface area contributed by atoms with E-state index in [0.717, 1.165) is 6.26 Å². The van der Waals surface area contributed by atoms with Gasteiger partial charge in [0.1, 0.15) is 0 Å². The molecule has 0 aromatic heterocycles. The van der Waals surface area contributed by atoms with E-state index >= 15 is 0 Å². The molecule has 0 aliphatic rings. The van der Waals surface area contributed by atoms with Gasteiger partial charge in [-0.2, -0.15) is 0 Å². The molecular weight excluding hydrogens is 154 g/mol. The van der Waals surface area contributed by atoms with Gasteiger partial charge in [-0.25, -0.2) is 13.1 Å². The molecule has 0 aliphatic carbocycles. The molecule has 2 N–H and O–H groups in total. The zero-order valence-corrected chi connectivity index (χ0v) is 6.98. The molecule has 1 atom stereocenters. The Morgan fingerprint density at radius 3 is 2.20 bits per heavy atom. The number of aliphatic hydroxyl groups excluding tert-OH is 1. The van der Waals surface area contributed by atoms with Crippen molar-refractivity contribution in [2.45, 2.75) is 19.4 Å². The van der Waals surface area contributed by atoms with E-state index in [1.807, 2.05) is 0 Å². The Morgan fingerprint density at radius 1 is 1.60 bits per heavy atom. The Kier molecular flexibility index (Phi) is 3.85. The fourth-order valence-corrected chi connectivity index (χ4v) is 1.40. The van der Waals surface area contributed by atoms with Crippen LogP contribution in [0, 0.1) is 0 Å². The topological polar surface area (TPSA) is 66.4 Å². The van der Waals surface area contributed by atoms with Gasteiger partial charge in [-0.15, -0.1) is 0 Å². The first-order chi connectivity index (χ1) is 4.49. The monoisotopic (exact) mass is 167 g/mol. The molecular formula is C5H13NO3S. The Bertz CT molecular complexity index is 171. The van der Waals surface area contributed by atoms with Crippen molar-refractivity contribution in [1.29, 1.82) is 0 Å². The minimum Gasteiger partial charge on any atom is -0.395 e. The van der Waals surface area contributed by atoms with Crippen molar-refractivity contribution in [3.8, 4) is 0 Å². The molecule has 10 heavy (non-hydrogen) atoms. The van der Waals surface area contributed by atoms with E-state index in [1.165, 1.54) is 0 Å². The zero-order valence-electron chi connectivity index (χ0n) is 6.16. The van der Waals surface area contributed by atoms with Crippen LogP contribution in [0.15, 0.2) is 0 Å². The van der Waals surface area contributed by atoms with Gasteiger partial charge in [0.15, 0.2) is 0 Å². The summed E-state index contributed by atoms with van der Waals surface area (Å²) in [6.45, 7) is 1.66. The van der Waals surface area contributed by atoms with Crippen LogP contribution in [-0.2, 0) is 10.0 Å². The van der Waals surface area contributed by atoms with Crippen molar-refractivity contribution < 1.29 is 13.5 Å². The van der Waals surface area contributed by atoms with Gasteiger partial charge < -0.3 is 5.11 Å². The molecule has 0 saturated heterocycles. The van der Waals surface area contributed by atoms with E-state index in [0.29, 0.717) is 6.42 Å². The normalized spacial score (nSPS) is 15.1. The minimum absolute atomic E-state index is 0.149. The van der Waals surface area contributed by atoms with Gasteiger partial charge in [0.2, 0.25) is 10.0 Å². The summed E-state index contributed by atoms with van der Waals surface area (Å²) in [4.78, 5) is 0. The van der Waals surface area contributed by atoms with E-state index in [9.17, 15) is 8.42 Å². The lowest BCUT2D eigenvalue weighted by atomic mass is 10.3. The third-order valence-electron chi connectivity index (χ3n) is 1.09. The van der Waals surface area contributed by atoms with E-state index in [1.54, 1.807) is 6.92 Å². The van der Waals surface area contributed by atoms with Crippen molar-refractivity contribution in [3.63, 3.8) is 0 Å². The van der Waals surface area contributed by atoms with Crippen LogP contribution in [0.4, 0.5) is 0 Å². The minimum atomic E-state index is -3.16. The van der Waals surface area contributed by atoms with Crippen LogP contribution < -0.4 is 4.72 Å². The second-order valence-corrected chi connectivity index (χ2v) is 3.96. The van der Waals surface area contributed by atoms with E-state index < -0.39 is 10.0 Å². The lowest BCUT2D eigenvalue weighted by molar-refractivity contribution is 0.254. The number of nitrogens with one attached hydrogen (secondary N) is 1. The second kappa shape index (κ2) is 3.90. The maximum atomic E-state index is 10.5. The van der Waals surface area contributed by atoms with Crippen LogP contribution >= 0.6 is 0 Å². The molecule has 4 nitrogen and oxygen atoms in total. The van der Waals surface area contributed by atoms with Crippen molar-refractivity contribution in [3.05, 3.63) is 0 Å². The first-order valence-corrected chi connectivity index (χ1v) is 4.97. The molecule has 0 spiro atoms. The van der Waals surface area contributed by atoms with Crippen molar-refractivity contribution in [1.82, 2.24) is 4.72 Å². The largest absolute Gasteiger partial charge is 0.395 e. The number of hydrogen-bond acceptors (Lipinski definition) is 3. The molecule has 0 amide bonds. The smallest absolute Gasteiger partial charge is 0.209 e. The second-order valence-electron chi connectivity index (χ2n) is 2.18. The van der Waals surface area contributed by atoms with E-state index in [2.05, 4.69) is 4.72 Å². The molecule has 5 heteroatoms. The van der Waals surface area contributed by atoms with Crippen LogP contribution in [0.5, 0.6) is 0 Å². The highest BCUT2D eigenvalue weighted by Gasteiger charge is 2.09. The number of aliphatic hydroxyl groups is 1. The SMILES string of the molecule is CC[C@H](CO)NS(C)(=O)=O. The van der Waals surface area contributed by atoms with Gasteiger partial charge in [0.25, 0.3) is 0 Å². The fourth-order valence-electron chi connectivity index (χ4n) is 0.552. The average Bonchev–Trinajstić information content (AvgIpc) is 1.81. The van der Waals surface area contributed by atoms with Gasteiger partial charge in [-0.1, -0.05) is 6.92 Å². The molecule has 0 radical (unpaired) electrons. The van der Waals surface area contributed by atoms with Gasteiger partial charge in [-0.05, 0) is 6.42 Å². The lowest BCUT2D eigenvalue weighted by Gasteiger charge is -2.10. The Hall–Kier alpha value is -0.130. The van der Waals surface area contributed by atoms with Crippen molar-refractivity contribution in [2.24, 2.45) is 0 Å². The lowest BCUT2D eigenvalue weighted by Crippen LogP contribution is -2.35. The predicted octanol–water partition coefficient (Wildman–Crippen LogP) is -0.694. The highest BCUT2D eigenvalue weighted by molar-refractivity contribution is 7.88. The summed E-state index contributed by atoms with van der Waals surface area (Å²) in [5, 5.41) is 8.56. The summed E-state index contributed by atoms with van der Waals surface area (Å²) in [5.74, 6) is 0. The molecule has 0 aliphatic heterocycles. The first kappa shape index (κ1) is 9.87. The molecule has 0 rings (SSSR count). The third kappa shape index (κ3) is 4.72. The molecule has 0 unspecified atom stereocenters. The molecule has 0 bridgehead atoms. The fraction of sp³-hybridized carbons (Fsp3) is 1.00. The van der Waals surface area contributed by atoms with Gasteiger partial charge >= 0.3 is 0 Å². The maximum absolute atomic E-state index is 10.5. The van der Waals surface area contributed by atoms with E-state index in [-0.39, 0.29) is 12.6 Å².